The zero-order valence-electron chi connectivity index (χ0n) is 50.1. The third kappa shape index (κ3) is 29.4. The predicted octanol–water partition coefficient (Wildman–Crippen LogP) is 6.31. The van der Waals surface area contributed by atoms with Crippen LogP contribution in [0, 0.1) is 0 Å². The van der Waals surface area contributed by atoms with E-state index in [1.54, 1.807) is 6.08 Å². The lowest BCUT2D eigenvalue weighted by Crippen LogP contribution is -2.66. The van der Waals surface area contributed by atoms with Crippen LogP contribution >= 0.6 is 0 Å². The molecule has 0 bridgehead atoms. The van der Waals surface area contributed by atoms with Crippen LogP contribution in [0.5, 0.6) is 0 Å². The number of amides is 1. The number of hydrogen-bond acceptors (Lipinski definition) is 18. The Kier molecular flexibility index (Phi) is 41.4. The first-order valence-electron chi connectivity index (χ1n) is 31.1. The first-order valence-corrected chi connectivity index (χ1v) is 31.1. The Morgan fingerprint density at radius 1 is 0.440 bits per heavy atom. The van der Waals surface area contributed by atoms with Crippen LogP contribution in [-0.4, -0.2) is 193 Å². The molecule has 3 saturated heterocycles. The molecule has 0 aromatic heterocycles. The molecule has 17 unspecified atom stereocenters. The van der Waals surface area contributed by atoms with Gasteiger partial charge in [0.15, 0.2) is 18.9 Å². The van der Waals surface area contributed by atoms with E-state index in [2.05, 4.69) is 116 Å². The molecule has 3 fully saturated rings. The fourth-order valence-electron chi connectivity index (χ4n) is 9.71. The monoisotopic (exact) mass is 1190 g/mol. The minimum atomic E-state index is -1.99. The lowest BCUT2D eigenvalue weighted by atomic mass is 9.96. The van der Waals surface area contributed by atoms with E-state index in [-0.39, 0.29) is 18.9 Å². The Labute approximate surface area is 500 Å². The standard InChI is InChI=1S/C65H107NO18/c1-3-5-7-9-11-13-15-17-18-19-20-21-22-23-24-25-26-27-28-29-30-31-33-35-37-39-41-43-53(71)66-48(49(70)42-40-38-36-34-32-16-14-12-10-8-6-4-2)47-79-63-59(77)56(74)61(51(45-68)81-63)84-65-60(78)57(75)62(52(46-69)82-65)83-64-58(76)55(73)54(72)50(44-67)80-64/h5,7,11,13,17-18,20-21,23-24,26-27,29-30,32,34,40,42,48-52,54-65,67-70,72-78H,3-4,6,8-10,12,14-16,19,22,25,28,31,33,35-39,41,43-47H2,1-2H3,(H,66,71)/b7-5-,13-11-,18-17-,21-20-,24-23-,27-26-,30-29-,34-32+,42-40+. The molecule has 3 rings (SSSR count). The molecular formula is C65H107NO18. The molecular weight excluding hydrogens is 1080 g/mol. The Morgan fingerprint density at radius 2 is 0.833 bits per heavy atom. The van der Waals surface area contributed by atoms with Crippen molar-refractivity contribution in [2.24, 2.45) is 0 Å². The van der Waals surface area contributed by atoms with E-state index in [1.807, 2.05) is 6.08 Å². The number of nitrogens with one attached hydrogen (secondary N) is 1. The van der Waals surface area contributed by atoms with Crippen molar-refractivity contribution in [2.45, 2.75) is 266 Å². The van der Waals surface area contributed by atoms with E-state index in [0.717, 1.165) is 96.3 Å². The van der Waals surface area contributed by atoms with E-state index >= 15 is 0 Å². The molecule has 0 aromatic carbocycles. The predicted molar refractivity (Wildman–Crippen MR) is 323 cm³/mol. The normalized spacial score (nSPS) is 29.9. The summed E-state index contributed by atoms with van der Waals surface area (Å²) in [5.41, 5.74) is 0. The average Bonchev–Trinajstić information content (AvgIpc) is 2.98. The zero-order valence-corrected chi connectivity index (χ0v) is 50.1. The van der Waals surface area contributed by atoms with Crippen molar-refractivity contribution >= 4 is 5.91 Å². The van der Waals surface area contributed by atoms with Gasteiger partial charge in [-0.3, -0.25) is 4.79 Å². The number of aliphatic hydroxyl groups is 11. The van der Waals surface area contributed by atoms with Crippen LogP contribution in [0.3, 0.4) is 0 Å². The summed E-state index contributed by atoms with van der Waals surface area (Å²) in [5.74, 6) is -0.312. The van der Waals surface area contributed by atoms with Gasteiger partial charge in [0.2, 0.25) is 5.91 Å². The third-order valence-corrected chi connectivity index (χ3v) is 14.8. The van der Waals surface area contributed by atoms with Crippen molar-refractivity contribution in [3.8, 4) is 0 Å². The summed E-state index contributed by atoms with van der Waals surface area (Å²) in [6, 6.07) is -1.01. The maximum absolute atomic E-state index is 13.3. The quantitative estimate of drug-likeness (QED) is 0.0235. The number of rotatable bonds is 44. The number of aliphatic hydroxyl groups excluding tert-OH is 11. The second-order valence-electron chi connectivity index (χ2n) is 21.8. The van der Waals surface area contributed by atoms with Crippen LogP contribution in [-0.2, 0) is 33.2 Å². The molecule has 480 valence electrons. The van der Waals surface area contributed by atoms with E-state index < -0.39 is 124 Å². The lowest BCUT2D eigenvalue weighted by molar-refractivity contribution is -0.379. The number of allylic oxidation sites excluding steroid dienone is 17. The Bertz CT molecular complexity index is 1950. The van der Waals surface area contributed by atoms with E-state index in [9.17, 15) is 61.0 Å². The molecule has 0 radical (unpaired) electrons. The van der Waals surface area contributed by atoms with Crippen LogP contribution in [0.15, 0.2) is 109 Å². The molecule has 19 nitrogen and oxygen atoms in total. The van der Waals surface area contributed by atoms with Gasteiger partial charge in [0.05, 0.1) is 38.6 Å². The van der Waals surface area contributed by atoms with Gasteiger partial charge in [0.1, 0.15) is 73.2 Å². The topological polar surface area (TPSA) is 307 Å². The van der Waals surface area contributed by atoms with Crippen LogP contribution in [0.25, 0.3) is 0 Å². The highest BCUT2D eigenvalue weighted by molar-refractivity contribution is 5.76. The molecule has 19 heteroatoms. The van der Waals surface area contributed by atoms with Gasteiger partial charge >= 0.3 is 0 Å². The minimum absolute atomic E-state index is 0.205. The molecule has 12 N–H and O–H groups in total. The summed E-state index contributed by atoms with van der Waals surface area (Å²) in [7, 11) is 0. The lowest BCUT2D eigenvalue weighted by Gasteiger charge is -2.48. The zero-order chi connectivity index (χ0) is 61.2. The van der Waals surface area contributed by atoms with Crippen molar-refractivity contribution in [1.82, 2.24) is 5.32 Å². The fourth-order valence-corrected chi connectivity index (χ4v) is 9.71. The SMILES string of the molecule is CC/C=C\C/C=C\C/C=C\C/C=C\C/C=C\C/C=C\C/C=C\CCCCCCCC(=O)NC(COC1OC(CO)C(OC2OC(CO)C(OC3OC(CO)C(O)C(O)C3O)C(O)C2O)C(O)C1O)C(O)/C=C/CC/C=C/CCCCCCCC. The molecule has 3 aliphatic rings. The Balaban J connectivity index is 1.46. The summed E-state index contributed by atoms with van der Waals surface area (Å²) in [6.45, 7) is 1.52. The van der Waals surface area contributed by atoms with Crippen molar-refractivity contribution in [1.29, 1.82) is 0 Å². The average molecular weight is 1190 g/mol. The van der Waals surface area contributed by atoms with Gasteiger partial charge in [-0.05, 0) is 89.9 Å². The minimum Gasteiger partial charge on any atom is -0.394 e. The summed E-state index contributed by atoms with van der Waals surface area (Å²) < 4.78 is 34.2. The molecule has 0 aliphatic carbocycles. The van der Waals surface area contributed by atoms with E-state index in [4.69, 9.17) is 28.4 Å². The number of hydrogen-bond donors (Lipinski definition) is 12. The molecule has 84 heavy (non-hydrogen) atoms. The van der Waals surface area contributed by atoms with Crippen molar-refractivity contribution < 1.29 is 89.4 Å². The maximum atomic E-state index is 13.3. The van der Waals surface area contributed by atoms with E-state index in [1.165, 1.54) is 32.1 Å². The van der Waals surface area contributed by atoms with Gasteiger partial charge in [-0.15, -0.1) is 0 Å². The molecule has 0 saturated carbocycles. The molecule has 17 atom stereocenters. The molecule has 0 spiro atoms. The molecule has 0 aromatic rings. The van der Waals surface area contributed by atoms with Crippen molar-refractivity contribution in [3.05, 3.63) is 109 Å². The summed E-state index contributed by atoms with van der Waals surface area (Å²) in [5, 5.41) is 120. The maximum Gasteiger partial charge on any atom is 0.220 e. The van der Waals surface area contributed by atoms with Crippen LogP contribution in [0.4, 0.5) is 0 Å². The number of unbranched alkanes of at least 4 members (excludes halogenated alkanes) is 12. The summed E-state index contributed by atoms with van der Waals surface area (Å²) in [6.07, 6.45) is 33.6. The van der Waals surface area contributed by atoms with E-state index in [0.29, 0.717) is 12.8 Å². The molecule has 3 aliphatic heterocycles. The first kappa shape index (κ1) is 74.7. The van der Waals surface area contributed by atoms with Gasteiger partial charge in [-0.2, -0.15) is 0 Å². The fraction of sp³-hybridized carbons (Fsp3) is 0.708. The van der Waals surface area contributed by atoms with Gasteiger partial charge in [0.25, 0.3) is 0 Å². The summed E-state index contributed by atoms with van der Waals surface area (Å²) in [4.78, 5) is 13.3. The smallest absolute Gasteiger partial charge is 0.220 e. The number of ether oxygens (including phenoxy) is 6. The highest BCUT2D eigenvalue weighted by Gasteiger charge is 2.53. The number of carbonyl (C=O) groups excluding carboxylic acids is 1. The van der Waals surface area contributed by atoms with Gasteiger partial charge in [-0.1, -0.05) is 175 Å². The molecule has 1 amide bonds. The third-order valence-electron chi connectivity index (χ3n) is 14.8. The highest BCUT2D eigenvalue weighted by Crippen LogP contribution is 2.33. The second kappa shape index (κ2) is 46.6. The highest BCUT2D eigenvalue weighted by atomic mass is 16.8. The van der Waals surface area contributed by atoms with Crippen molar-refractivity contribution in [3.63, 3.8) is 0 Å². The van der Waals surface area contributed by atoms with Crippen LogP contribution < -0.4 is 5.32 Å². The van der Waals surface area contributed by atoms with Gasteiger partial charge < -0.3 is 89.9 Å². The van der Waals surface area contributed by atoms with Crippen LogP contribution in [0.2, 0.25) is 0 Å². The number of carbonyl (C=O) groups is 1. The van der Waals surface area contributed by atoms with Crippen LogP contribution in [0.1, 0.15) is 162 Å². The summed E-state index contributed by atoms with van der Waals surface area (Å²) >= 11 is 0. The van der Waals surface area contributed by atoms with Gasteiger partial charge in [0, 0.05) is 6.42 Å². The Morgan fingerprint density at radius 3 is 1.33 bits per heavy atom. The molecule has 3 heterocycles. The Hall–Kier alpha value is -3.55. The van der Waals surface area contributed by atoms with Crippen molar-refractivity contribution in [2.75, 3.05) is 26.4 Å². The van der Waals surface area contributed by atoms with Gasteiger partial charge in [-0.25, -0.2) is 0 Å². The second-order valence-corrected chi connectivity index (χ2v) is 21.8. The first-order chi connectivity index (χ1) is 40.8. The largest absolute Gasteiger partial charge is 0.394 e.